The Balaban J connectivity index is 2.24. The van der Waals surface area contributed by atoms with Gasteiger partial charge in [0, 0.05) is 23.5 Å². The Labute approximate surface area is 182 Å². The maximum absolute atomic E-state index is 12.9. The van der Waals surface area contributed by atoms with Gasteiger partial charge in [-0.05, 0) is 18.6 Å². The summed E-state index contributed by atoms with van der Waals surface area (Å²) in [5.41, 5.74) is 7.11. The summed E-state index contributed by atoms with van der Waals surface area (Å²) in [6.07, 6.45) is 0.931. The van der Waals surface area contributed by atoms with E-state index in [2.05, 4.69) is 15.6 Å². The molecule has 0 aliphatic rings. The van der Waals surface area contributed by atoms with Crippen LogP contribution < -0.4 is 21.7 Å². The highest BCUT2D eigenvalue weighted by molar-refractivity contribution is 5.95. The number of carboxylic acids is 2. The molecule has 0 fully saturated rings. The van der Waals surface area contributed by atoms with E-state index >= 15 is 0 Å². The lowest BCUT2D eigenvalue weighted by atomic mass is 10.0. The topological polar surface area (TPSA) is 204 Å². The van der Waals surface area contributed by atoms with Crippen molar-refractivity contribution >= 4 is 40.6 Å². The van der Waals surface area contributed by atoms with Gasteiger partial charge in [0.1, 0.15) is 18.6 Å². The number of nitrogens with one attached hydrogen (secondary N) is 4. The van der Waals surface area contributed by atoms with Crippen molar-refractivity contribution in [2.75, 3.05) is 6.54 Å². The number of aromatic amines is 1. The van der Waals surface area contributed by atoms with E-state index in [9.17, 15) is 24.0 Å². The van der Waals surface area contributed by atoms with Gasteiger partial charge in [-0.1, -0.05) is 18.2 Å². The van der Waals surface area contributed by atoms with Crippen molar-refractivity contribution < 1.29 is 34.2 Å². The van der Waals surface area contributed by atoms with Gasteiger partial charge in [-0.25, -0.2) is 0 Å². The van der Waals surface area contributed by atoms with Crippen LogP contribution in [0, 0.1) is 0 Å². The summed E-state index contributed by atoms with van der Waals surface area (Å²) >= 11 is 0. The zero-order chi connectivity index (χ0) is 23.8. The van der Waals surface area contributed by atoms with Gasteiger partial charge in [-0.2, -0.15) is 0 Å². The van der Waals surface area contributed by atoms with Crippen LogP contribution in [0.2, 0.25) is 0 Å². The Morgan fingerprint density at radius 3 is 2.25 bits per heavy atom. The quantitative estimate of drug-likeness (QED) is 0.220. The number of rotatable bonds is 11. The number of carbonyl (C=O) groups is 5. The van der Waals surface area contributed by atoms with Crippen LogP contribution in [0.15, 0.2) is 30.5 Å². The van der Waals surface area contributed by atoms with Crippen LogP contribution in [0.5, 0.6) is 0 Å². The molecule has 2 aromatic rings. The summed E-state index contributed by atoms with van der Waals surface area (Å²) in [6, 6.07) is 3.68. The molecule has 0 bridgehead atoms. The highest BCUT2D eigenvalue weighted by atomic mass is 16.4. The van der Waals surface area contributed by atoms with Crippen molar-refractivity contribution in [1.29, 1.82) is 0 Å². The number of carboxylic acid groups (broad SMARTS) is 2. The fourth-order valence-corrected chi connectivity index (χ4v) is 2.97. The molecule has 0 aliphatic heterocycles. The largest absolute Gasteiger partial charge is 0.481 e. The normalized spacial score (nSPS) is 13.6. The van der Waals surface area contributed by atoms with Gasteiger partial charge in [-0.3, -0.25) is 24.0 Å². The molecule has 32 heavy (non-hydrogen) atoms. The highest BCUT2D eigenvalue weighted by Gasteiger charge is 2.29. The summed E-state index contributed by atoms with van der Waals surface area (Å²) in [5, 5.41) is 25.4. The second-order valence-electron chi connectivity index (χ2n) is 7.18. The van der Waals surface area contributed by atoms with Gasteiger partial charge in [-0.15, -0.1) is 0 Å². The van der Waals surface area contributed by atoms with Crippen LogP contribution in [0.4, 0.5) is 0 Å². The number of carbonyl (C=O) groups excluding carboxylic acids is 3. The zero-order valence-electron chi connectivity index (χ0n) is 17.3. The Morgan fingerprint density at radius 2 is 1.62 bits per heavy atom. The van der Waals surface area contributed by atoms with Crippen molar-refractivity contribution in [2.45, 2.75) is 37.9 Å². The second-order valence-corrected chi connectivity index (χ2v) is 7.18. The number of hydrogen-bond donors (Lipinski definition) is 7. The molecular formula is C20H25N5O7. The van der Waals surface area contributed by atoms with Gasteiger partial charge in [0.05, 0.1) is 12.5 Å². The van der Waals surface area contributed by atoms with E-state index in [-0.39, 0.29) is 6.42 Å². The first kappa shape index (κ1) is 24.3. The molecule has 2 rings (SSSR count). The number of amides is 3. The number of benzene rings is 1. The van der Waals surface area contributed by atoms with Crippen LogP contribution >= 0.6 is 0 Å². The monoisotopic (exact) mass is 447 g/mol. The molecule has 1 aromatic carbocycles. The predicted molar refractivity (Wildman–Crippen MR) is 112 cm³/mol. The van der Waals surface area contributed by atoms with Gasteiger partial charge >= 0.3 is 11.9 Å². The van der Waals surface area contributed by atoms with Crippen molar-refractivity contribution in [3.63, 3.8) is 0 Å². The number of para-hydroxylation sites is 1. The summed E-state index contributed by atoms with van der Waals surface area (Å²) in [5.74, 6) is -5.13. The van der Waals surface area contributed by atoms with E-state index < -0.39 is 60.8 Å². The smallest absolute Gasteiger partial charge is 0.322 e. The van der Waals surface area contributed by atoms with E-state index in [1.165, 1.54) is 6.92 Å². The molecule has 172 valence electrons. The number of nitrogens with two attached hydrogens (primary N) is 1. The van der Waals surface area contributed by atoms with Crippen LogP contribution in [0.25, 0.3) is 10.9 Å². The number of aromatic nitrogens is 1. The molecule has 8 N–H and O–H groups in total. The first-order chi connectivity index (χ1) is 15.1. The Kier molecular flexibility index (Phi) is 8.30. The standard InChI is InChI=1S/C20H25N5O7/c1-10(21)18(30)24-14(6-11-8-22-13-5-3-2-4-12(11)13)20(32)25-15(7-16(26)27)19(31)23-9-17(28)29/h2-5,8,10,14-15,22H,6-7,9,21H2,1H3,(H,23,31)(H,24,30)(H,25,32)(H,26,27)(H,28,29). The van der Waals surface area contributed by atoms with Gasteiger partial charge in [0.15, 0.2) is 0 Å². The lowest BCUT2D eigenvalue weighted by Crippen LogP contribution is -2.56. The Bertz CT molecular complexity index is 1020. The Morgan fingerprint density at radius 1 is 0.969 bits per heavy atom. The molecule has 3 amide bonds. The maximum atomic E-state index is 12.9. The van der Waals surface area contributed by atoms with E-state index in [0.29, 0.717) is 5.56 Å². The molecule has 12 nitrogen and oxygen atoms in total. The van der Waals surface area contributed by atoms with Gasteiger partial charge in [0.2, 0.25) is 17.7 Å². The molecule has 0 spiro atoms. The third kappa shape index (κ3) is 6.80. The van der Waals surface area contributed by atoms with Crippen LogP contribution in [0.1, 0.15) is 18.9 Å². The fraction of sp³-hybridized carbons (Fsp3) is 0.350. The van der Waals surface area contributed by atoms with Crippen LogP contribution in [0.3, 0.4) is 0 Å². The van der Waals surface area contributed by atoms with Gasteiger partial charge in [0.25, 0.3) is 0 Å². The SMILES string of the molecule is CC(N)C(=O)NC(Cc1c[nH]c2ccccc12)C(=O)NC(CC(=O)O)C(=O)NCC(=O)O. The number of H-pyrrole nitrogens is 1. The third-order valence-corrected chi connectivity index (χ3v) is 4.57. The molecule has 1 aromatic heterocycles. The van der Waals surface area contributed by atoms with Crippen molar-refractivity contribution in [3.05, 3.63) is 36.0 Å². The lowest BCUT2D eigenvalue weighted by Gasteiger charge is -2.23. The molecule has 12 heteroatoms. The minimum Gasteiger partial charge on any atom is -0.481 e. The summed E-state index contributed by atoms with van der Waals surface area (Å²) in [6.45, 7) is 0.688. The third-order valence-electron chi connectivity index (χ3n) is 4.57. The lowest BCUT2D eigenvalue weighted by molar-refractivity contribution is -0.141. The number of aliphatic carboxylic acids is 2. The molecule has 0 aliphatic carbocycles. The molecular weight excluding hydrogens is 422 g/mol. The van der Waals surface area contributed by atoms with E-state index in [1.54, 1.807) is 6.20 Å². The van der Waals surface area contributed by atoms with Crippen molar-refractivity contribution in [3.8, 4) is 0 Å². The summed E-state index contributed by atoms with van der Waals surface area (Å²) < 4.78 is 0. The minimum atomic E-state index is -1.54. The van der Waals surface area contributed by atoms with Crippen LogP contribution in [-0.4, -0.2) is 69.5 Å². The van der Waals surface area contributed by atoms with E-state index in [0.717, 1.165) is 10.9 Å². The zero-order valence-corrected chi connectivity index (χ0v) is 17.3. The molecule has 3 atom stereocenters. The Hall–Kier alpha value is -3.93. The average molecular weight is 447 g/mol. The van der Waals surface area contributed by atoms with E-state index in [1.807, 2.05) is 29.6 Å². The number of hydrogen-bond acceptors (Lipinski definition) is 6. The second kappa shape index (κ2) is 10.9. The van der Waals surface area contributed by atoms with Crippen molar-refractivity contribution in [1.82, 2.24) is 20.9 Å². The average Bonchev–Trinajstić information content (AvgIpc) is 3.13. The first-order valence-electron chi connectivity index (χ1n) is 9.71. The van der Waals surface area contributed by atoms with Crippen molar-refractivity contribution in [2.24, 2.45) is 5.73 Å². The highest BCUT2D eigenvalue weighted by Crippen LogP contribution is 2.19. The maximum Gasteiger partial charge on any atom is 0.322 e. The summed E-state index contributed by atoms with van der Waals surface area (Å²) in [4.78, 5) is 62.2. The molecule has 0 saturated heterocycles. The van der Waals surface area contributed by atoms with Crippen LogP contribution in [-0.2, 0) is 30.4 Å². The molecule has 0 radical (unpaired) electrons. The summed E-state index contributed by atoms with van der Waals surface area (Å²) in [7, 11) is 0. The minimum absolute atomic E-state index is 0.0326. The molecule has 1 heterocycles. The van der Waals surface area contributed by atoms with E-state index in [4.69, 9.17) is 15.9 Å². The fourth-order valence-electron chi connectivity index (χ4n) is 2.97. The predicted octanol–water partition coefficient (Wildman–Crippen LogP) is -1.30. The molecule has 3 unspecified atom stereocenters. The molecule has 0 saturated carbocycles. The van der Waals surface area contributed by atoms with Gasteiger partial charge < -0.3 is 36.9 Å². The first-order valence-corrected chi connectivity index (χ1v) is 9.71. The number of fused-ring (bicyclic) bond motifs is 1.